The van der Waals surface area contributed by atoms with Crippen molar-refractivity contribution in [3.05, 3.63) is 0 Å². The Morgan fingerprint density at radius 2 is 2.05 bits per heavy atom. The van der Waals surface area contributed by atoms with Crippen LogP contribution in [0.2, 0.25) is 0 Å². The van der Waals surface area contributed by atoms with Crippen LogP contribution in [0.3, 0.4) is 0 Å². The van der Waals surface area contributed by atoms with E-state index in [1.165, 1.54) is 12.8 Å². The van der Waals surface area contributed by atoms with E-state index in [1.54, 1.807) is 0 Å². The first-order valence-corrected chi connectivity index (χ1v) is 8.26. The SMILES string of the molecule is CC1CCC(CN)(C(=O)NCCC2CCCCO2)CC1. The highest BCUT2D eigenvalue weighted by Crippen LogP contribution is 2.38. The number of hydrogen-bond donors (Lipinski definition) is 2. The van der Waals surface area contributed by atoms with Gasteiger partial charge in [-0.25, -0.2) is 0 Å². The van der Waals surface area contributed by atoms with E-state index in [4.69, 9.17) is 10.5 Å². The Bertz CT molecular complexity index is 306. The maximum Gasteiger partial charge on any atom is 0.227 e. The van der Waals surface area contributed by atoms with Gasteiger partial charge in [-0.15, -0.1) is 0 Å². The number of hydrogen-bond acceptors (Lipinski definition) is 3. The molecule has 1 heterocycles. The third kappa shape index (κ3) is 3.95. The van der Waals surface area contributed by atoms with Crippen LogP contribution in [0.25, 0.3) is 0 Å². The minimum absolute atomic E-state index is 0.169. The van der Waals surface area contributed by atoms with Crippen LogP contribution in [-0.2, 0) is 9.53 Å². The monoisotopic (exact) mass is 282 g/mol. The lowest BCUT2D eigenvalue weighted by Crippen LogP contribution is -2.48. The Labute approximate surface area is 122 Å². The molecule has 116 valence electrons. The maximum atomic E-state index is 12.5. The number of nitrogens with two attached hydrogens (primary N) is 1. The largest absolute Gasteiger partial charge is 0.378 e. The molecule has 1 aliphatic heterocycles. The van der Waals surface area contributed by atoms with Gasteiger partial charge in [0.2, 0.25) is 5.91 Å². The number of amides is 1. The Kier molecular flexibility index (Phi) is 5.85. The highest BCUT2D eigenvalue weighted by atomic mass is 16.5. The van der Waals surface area contributed by atoms with Crippen LogP contribution in [0.5, 0.6) is 0 Å². The Morgan fingerprint density at radius 1 is 1.30 bits per heavy atom. The zero-order chi connectivity index (χ0) is 14.4. The molecule has 20 heavy (non-hydrogen) atoms. The number of ether oxygens (including phenoxy) is 1. The molecule has 1 unspecified atom stereocenters. The normalized spacial score (nSPS) is 34.7. The molecule has 0 bridgehead atoms. The smallest absolute Gasteiger partial charge is 0.227 e. The number of rotatable bonds is 5. The fraction of sp³-hybridized carbons (Fsp3) is 0.938. The molecule has 4 heteroatoms. The van der Waals surface area contributed by atoms with Gasteiger partial charge >= 0.3 is 0 Å². The van der Waals surface area contributed by atoms with E-state index in [0.717, 1.165) is 57.6 Å². The van der Waals surface area contributed by atoms with E-state index in [1.807, 2.05) is 0 Å². The van der Waals surface area contributed by atoms with Crippen molar-refractivity contribution in [2.75, 3.05) is 19.7 Å². The van der Waals surface area contributed by atoms with Gasteiger partial charge < -0.3 is 15.8 Å². The molecule has 2 rings (SSSR count). The third-order valence-corrected chi connectivity index (χ3v) is 5.13. The van der Waals surface area contributed by atoms with Crippen LogP contribution < -0.4 is 11.1 Å². The lowest BCUT2D eigenvalue weighted by molar-refractivity contribution is -0.133. The molecule has 1 amide bonds. The predicted octanol–water partition coefficient (Wildman–Crippen LogP) is 2.22. The van der Waals surface area contributed by atoms with E-state index in [2.05, 4.69) is 12.2 Å². The quantitative estimate of drug-likeness (QED) is 0.812. The average Bonchev–Trinajstić information content (AvgIpc) is 2.49. The molecule has 0 radical (unpaired) electrons. The van der Waals surface area contributed by atoms with Crippen molar-refractivity contribution >= 4 is 5.91 Å². The lowest BCUT2D eigenvalue weighted by atomic mass is 9.70. The third-order valence-electron chi connectivity index (χ3n) is 5.13. The molecule has 0 spiro atoms. The summed E-state index contributed by atoms with van der Waals surface area (Å²) in [6, 6.07) is 0. The zero-order valence-electron chi connectivity index (χ0n) is 12.8. The van der Waals surface area contributed by atoms with Crippen molar-refractivity contribution in [2.45, 2.75) is 64.4 Å². The number of carbonyl (C=O) groups excluding carboxylic acids is 1. The van der Waals surface area contributed by atoms with Crippen molar-refractivity contribution in [1.29, 1.82) is 0 Å². The van der Waals surface area contributed by atoms with Gasteiger partial charge in [0.15, 0.2) is 0 Å². The fourth-order valence-electron chi connectivity index (χ4n) is 3.41. The summed E-state index contributed by atoms with van der Waals surface area (Å²) >= 11 is 0. The fourth-order valence-corrected chi connectivity index (χ4v) is 3.41. The van der Waals surface area contributed by atoms with Gasteiger partial charge in [0.05, 0.1) is 11.5 Å². The van der Waals surface area contributed by atoms with Crippen LogP contribution in [0.1, 0.15) is 58.3 Å². The van der Waals surface area contributed by atoms with Crippen LogP contribution in [-0.4, -0.2) is 31.7 Å². The summed E-state index contributed by atoms with van der Waals surface area (Å²) in [5, 5.41) is 3.11. The molecule has 4 nitrogen and oxygen atoms in total. The van der Waals surface area contributed by atoms with E-state index < -0.39 is 0 Å². The van der Waals surface area contributed by atoms with Crippen molar-refractivity contribution in [3.63, 3.8) is 0 Å². The second kappa shape index (κ2) is 7.41. The van der Waals surface area contributed by atoms with Crippen LogP contribution in [0, 0.1) is 11.3 Å². The predicted molar refractivity (Wildman–Crippen MR) is 80.3 cm³/mol. The summed E-state index contributed by atoms with van der Waals surface area (Å²) in [5.74, 6) is 0.904. The van der Waals surface area contributed by atoms with E-state index in [9.17, 15) is 4.79 Å². The molecular weight excluding hydrogens is 252 g/mol. The summed E-state index contributed by atoms with van der Waals surface area (Å²) < 4.78 is 5.69. The van der Waals surface area contributed by atoms with Crippen LogP contribution in [0.15, 0.2) is 0 Å². The standard InChI is InChI=1S/C16H30N2O2/c1-13-5-8-16(12-17,9-6-13)15(19)18-10-7-14-4-2-3-11-20-14/h13-14H,2-12,17H2,1H3,(H,18,19). The molecule has 1 atom stereocenters. The van der Waals surface area contributed by atoms with Crippen LogP contribution >= 0.6 is 0 Å². The number of nitrogens with one attached hydrogen (secondary N) is 1. The first kappa shape index (κ1) is 15.8. The minimum Gasteiger partial charge on any atom is -0.378 e. The first-order chi connectivity index (χ1) is 9.66. The van der Waals surface area contributed by atoms with Crippen LogP contribution in [0.4, 0.5) is 0 Å². The van der Waals surface area contributed by atoms with E-state index in [0.29, 0.717) is 12.6 Å². The molecular formula is C16H30N2O2. The molecule has 1 aliphatic carbocycles. The second-order valence-electron chi connectivity index (χ2n) is 6.70. The van der Waals surface area contributed by atoms with Crippen molar-refractivity contribution < 1.29 is 9.53 Å². The molecule has 0 aromatic rings. The topological polar surface area (TPSA) is 64.4 Å². The maximum absolute atomic E-state index is 12.5. The molecule has 2 aliphatic rings. The summed E-state index contributed by atoms with van der Waals surface area (Å²) in [4.78, 5) is 12.5. The summed E-state index contributed by atoms with van der Waals surface area (Å²) in [6.07, 6.45) is 8.96. The van der Waals surface area contributed by atoms with E-state index in [-0.39, 0.29) is 11.3 Å². The molecule has 1 saturated heterocycles. The molecule has 1 saturated carbocycles. The average molecular weight is 282 g/mol. The van der Waals surface area contributed by atoms with Gasteiger partial charge in [0.25, 0.3) is 0 Å². The molecule has 2 fully saturated rings. The summed E-state index contributed by atoms with van der Waals surface area (Å²) in [6.45, 7) is 4.34. The Hall–Kier alpha value is -0.610. The van der Waals surface area contributed by atoms with E-state index >= 15 is 0 Å². The Morgan fingerprint density at radius 3 is 2.65 bits per heavy atom. The minimum atomic E-state index is -0.306. The van der Waals surface area contributed by atoms with Gasteiger partial charge in [0, 0.05) is 19.7 Å². The van der Waals surface area contributed by atoms with Crippen molar-refractivity contribution in [2.24, 2.45) is 17.1 Å². The summed E-state index contributed by atoms with van der Waals surface area (Å²) in [7, 11) is 0. The van der Waals surface area contributed by atoms with Crippen molar-refractivity contribution in [1.82, 2.24) is 5.32 Å². The first-order valence-electron chi connectivity index (χ1n) is 8.26. The van der Waals surface area contributed by atoms with Gasteiger partial charge in [-0.2, -0.15) is 0 Å². The molecule has 0 aromatic carbocycles. The zero-order valence-corrected chi connectivity index (χ0v) is 12.8. The number of carbonyl (C=O) groups is 1. The Balaban J connectivity index is 1.74. The second-order valence-corrected chi connectivity index (χ2v) is 6.70. The highest BCUT2D eigenvalue weighted by Gasteiger charge is 2.39. The summed E-state index contributed by atoms with van der Waals surface area (Å²) in [5.41, 5.74) is 5.61. The highest BCUT2D eigenvalue weighted by molar-refractivity contribution is 5.83. The molecule has 3 N–H and O–H groups in total. The van der Waals surface area contributed by atoms with Gasteiger partial charge in [-0.3, -0.25) is 4.79 Å². The van der Waals surface area contributed by atoms with Gasteiger partial charge in [-0.1, -0.05) is 6.92 Å². The molecule has 0 aromatic heterocycles. The van der Waals surface area contributed by atoms with Crippen molar-refractivity contribution in [3.8, 4) is 0 Å². The van der Waals surface area contributed by atoms with Gasteiger partial charge in [-0.05, 0) is 57.3 Å². The van der Waals surface area contributed by atoms with Gasteiger partial charge in [0.1, 0.15) is 0 Å². The lowest BCUT2D eigenvalue weighted by Gasteiger charge is -2.37.